The molecule has 122 valence electrons. The molecule has 0 fully saturated rings. The number of benzene rings is 1. The molecule has 23 heavy (non-hydrogen) atoms. The fraction of sp³-hybridized carbons (Fsp3) is 0.312. The fourth-order valence-electron chi connectivity index (χ4n) is 2.25. The van der Waals surface area contributed by atoms with Crippen molar-refractivity contribution in [3.63, 3.8) is 0 Å². The van der Waals surface area contributed by atoms with Crippen molar-refractivity contribution in [1.29, 1.82) is 0 Å². The molecule has 2 aromatic rings. The van der Waals surface area contributed by atoms with Crippen LogP contribution in [-0.4, -0.2) is 45.4 Å². The number of nitrogens with zero attached hydrogens (tertiary/aromatic N) is 3. The maximum atomic E-state index is 12.2. The molecule has 2 amide bonds. The maximum Gasteiger partial charge on any atom is 0.321 e. The van der Waals surface area contributed by atoms with Gasteiger partial charge >= 0.3 is 12.0 Å². The van der Waals surface area contributed by atoms with Crippen LogP contribution in [0.3, 0.4) is 0 Å². The fourth-order valence-corrected chi connectivity index (χ4v) is 2.25. The Morgan fingerprint density at radius 2 is 2.00 bits per heavy atom. The maximum absolute atomic E-state index is 12.2. The second-order valence-corrected chi connectivity index (χ2v) is 5.45. The first-order valence-corrected chi connectivity index (χ1v) is 7.22. The van der Waals surface area contributed by atoms with Crippen molar-refractivity contribution in [2.24, 2.45) is 13.0 Å². The molecule has 0 saturated carbocycles. The van der Waals surface area contributed by atoms with Crippen LogP contribution in [0.1, 0.15) is 6.92 Å². The van der Waals surface area contributed by atoms with Gasteiger partial charge in [0.2, 0.25) is 0 Å². The minimum atomic E-state index is -0.934. The Hall–Kier alpha value is -2.83. The Balaban J connectivity index is 2.15. The van der Waals surface area contributed by atoms with Crippen LogP contribution in [0.25, 0.3) is 11.3 Å². The van der Waals surface area contributed by atoms with Gasteiger partial charge in [-0.2, -0.15) is 5.10 Å². The van der Waals surface area contributed by atoms with E-state index in [9.17, 15) is 9.59 Å². The standard InChI is InChI=1S/C16H20N4O3/c1-11(15(21)22)10-19(2)16(23)18-13-9-17-20(3)14(13)12-7-5-4-6-8-12/h4-9,11H,10H2,1-3H3,(H,18,23)(H,21,22). The highest BCUT2D eigenvalue weighted by atomic mass is 16.4. The lowest BCUT2D eigenvalue weighted by molar-refractivity contribution is -0.141. The molecule has 0 aliphatic carbocycles. The summed E-state index contributed by atoms with van der Waals surface area (Å²) in [6.45, 7) is 1.69. The lowest BCUT2D eigenvalue weighted by Crippen LogP contribution is -2.36. The van der Waals surface area contributed by atoms with Gasteiger partial charge in [-0.3, -0.25) is 9.48 Å². The van der Waals surface area contributed by atoms with Gasteiger partial charge in [0, 0.05) is 26.2 Å². The van der Waals surface area contributed by atoms with E-state index in [4.69, 9.17) is 5.11 Å². The smallest absolute Gasteiger partial charge is 0.321 e. The topological polar surface area (TPSA) is 87.5 Å². The number of anilines is 1. The zero-order valence-corrected chi connectivity index (χ0v) is 13.4. The monoisotopic (exact) mass is 316 g/mol. The lowest BCUT2D eigenvalue weighted by atomic mass is 10.1. The molecule has 1 unspecified atom stereocenters. The van der Waals surface area contributed by atoms with Crippen molar-refractivity contribution >= 4 is 17.7 Å². The zero-order chi connectivity index (χ0) is 17.0. The quantitative estimate of drug-likeness (QED) is 0.886. The Morgan fingerprint density at radius 3 is 2.61 bits per heavy atom. The number of carbonyl (C=O) groups excluding carboxylic acids is 1. The minimum absolute atomic E-state index is 0.127. The highest BCUT2D eigenvalue weighted by Gasteiger charge is 2.19. The number of nitrogens with one attached hydrogen (secondary N) is 1. The number of rotatable bonds is 5. The summed E-state index contributed by atoms with van der Waals surface area (Å²) in [5.41, 5.74) is 2.31. The number of urea groups is 1. The van der Waals surface area contributed by atoms with Crippen molar-refractivity contribution in [1.82, 2.24) is 14.7 Å². The van der Waals surface area contributed by atoms with E-state index in [0.717, 1.165) is 11.3 Å². The van der Waals surface area contributed by atoms with Gasteiger partial charge in [0.05, 0.1) is 23.5 Å². The number of hydrogen-bond acceptors (Lipinski definition) is 3. The molecule has 1 atom stereocenters. The molecule has 0 spiro atoms. The van der Waals surface area contributed by atoms with Gasteiger partial charge in [0.1, 0.15) is 0 Å². The third kappa shape index (κ3) is 3.88. The summed E-state index contributed by atoms with van der Waals surface area (Å²) in [5, 5.41) is 15.9. The molecule has 1 aromatic heterocycles. The van der Waals surface area contributed by atoms with Crippen LogP contribution in [0.4, 0.5) is 10.5 Å². The van der Waals surface area contributed by atoms with Crippen LogP contribution in [0, 0.1) is 5.92 Å². The molecule has 0 aliphatic rings. The van der Waals surface area contributed by atoms with E-state index < -0.39 is 11.9 Å². The Morgan fingerprint density at radius 1 is 1.35 bits per heavy atom. The van der Waals surface area contributed by atoms with E-state index in [1.54, 1.807) is 31.9 Å². The van der Waals surface area contributed by atoms with Crippen molar-refractivity contribution in [3.05, 3.63) is 36.5 Å². The summed E-state index contributed by atoms with van der Waals surface area (Å²) in [4.78, 5) is 24.5. The van der Waals surface area contributed by atoms with Crippen LogP contribution in [0.5, 0.6) is 0 Å². The predicted octanol–water partition coefficient (Wildman–Crippen LogP) is 2.27. The number of amides is 2. The molecule has 0 radical (unpaired) electrons. The molecule has 0 bridgehead atoms. The normalized spacial score (nSPS) is 11.8. The summed E-state index contributed by atoms with van der Waals surface area (Å²) >= 11 is 0. The lowest BCUT2D eigenvalue weighted by Gasteiger charge is -2.20. The summed E-state index contributed by atoms with van der Waals surface area (Å²) in [7, 11) is 3.36. The molecular formula is C16H20N4O3. The van der Waals surface area contributed by atoms with Gasteiger partial charge in [0.15, 0.2) is 0 Å². The number of aryl methyl sites for hydroxylation is 1. The van der Waals surface area contributed by atoms with Gasteiger partial charge in [-0.15, -0.1) is 0 Å². The van der Waals surface area contributed by atoms with Crippen LogP contribution in [0.15, 0.2) is 36.5 Å². The second kappa shape index (κ2) is 6.95. The predicted molar refractivity (Wildman–Crippen MR) is 87.1 cm³/mol. The van der Waals surface area contributed by atoms with Crippen LogP contribution in [0.2, 0.25) is 0 Å². The Labute approximate surface area is 134 Å². The summed E-state index contributed by atoms with van der Waals surface area (Å²) < 4.78 is 1.69. The number of carboxylic acid groups (broad SMARTS) is 1. The molecule has 1 heterocycles. The average molecular weight is 316 g/mol. The van der Waals surface area contributed by atoms with Crippen LogP contribution in [-0.2, 0) is 11.8 Å². The molecule has 0 aliphatic heterocycles. The van der Waals surface area contributed by atoms with Crippen LogP contribution < -0.4 is 5.32 Å². The highest BCUT2D eigenvalue weighted by Crippen LogP contribution is 2.27. The van der Waals surface area contributed by atoms with Gasteiger partial charge in [-0.1, -0.05) is 37.3 Å². The van der Waals surface area contributed by atoms with E-state index >= 15 is 0 Å². The van der Waals surface area contributed by atoms with Crippen molar-refractivity contribution in [2.75, 3.05) is 18.9 Å². The number of aromatic nitrogens is 2. The van der Waals surface area contributed by atoms with Crippen molar-refractivity contribution in [3.8, 4) is 11.3 Å². The molecular weight excluding hydrogens is 296 g/mol. The molecule has 2 rings (SSSR count). The highest BCUT2D eigenvalue weighted by molar-refractivity contribution is 5.93. The summed E-state index contributed by atoms with van der Waals surface area (Å²) in [5.74, 6) is -1.57. The van der Waals surface area contributed by atoms with E-state index in [1.807, 2.05) is 30.3 Å². The first-order chi connectivity index (χ1) is 10.9. The first kappa shape index (κ1) is 16.5. The number of hydrogen-bond donors (Lipinski definition) is 2. The minimum Gasteiger partial charge on any atom is -0.481 e. The third-order valence-electron chi connectivity index (χ3n) is 3.54. The van der Waals surface area contributed by atoms with Crippen molar-refractivity contribution in [2.45, 2.75) is 6.92 Å². The SMILES string of the molecule is CC(CN(C)C(=O)Nc1cnn(C)c1-c1ccccc1)C(=O)O. The molecule has 1 aromatic carbocycles. The first-order valence-electron chi connectivity index (χ1n) is 7.22. The molecule has 0 saturated heterocycles. The Kier molecular flexibility index (Phi) is 5.00. The number of carboxylic acids is 1. The van der Waals surface area contributed by atoms with Gasteiger partial charge in [-0.05, 0) is 0 Å². The van der Waals surface area contributed by atoms with Gasteiger partial charge in [0.25, 0.3) is 0 Å². The largest absolute Gasteiger partial charge is 0.481 e. The van der Waals surface area contributed by atoms with Crippen molar-refractivity contribution < 1.29 is 14.7 Å². The third-order valence-corrected chi connectivity index (χ3v) is 3.54. The molecule has 2 N–H and O–H groups in total. The number of carbonyl (C=O) groups is 2. The zero-order valence-electron chi connectivity index (χ0n) is 13.4. The van der Waals surface area contributed by atoms with E-state index in [0.29, 0.717) is 5.69 Å². The average Bonchev–Trinajstić information content (AvgIpc) is 2.88. The van der Waals surface area contributed by atoms with E-state index in [-0.39, 0.29) is 12.6 Å². The summed E-state index contributed by atoms with van der Waals surface area (Å²) in [6, 6.07) is 9.23. The Bertz CT molecular complexity index is 697. The molecule has 7 heteroatoms. The van der Waals surface area contributed by atoms with E-state index in [1.165, 1.54) is 4.90 Å². The number of aliphatic carboxylic acids is 1. The van der Waals surface area contributed by atoms with Gasteiger partial charge in [-0.25, -0.2) is 4.79 Å². The second-order valence-electron chi connectivity index (χ2n) is 5.45. The van der Waals surface area contributed by atoms with E-state index in [2.05, 4.69) is 10.4 Å². The van der Waals surface area contributed by atoms with Gasteiger partial charge < -0.3 is 15.3 Å². The van der Waals surface area contributed by atoms with Crippen LogP contribution >= 0.6 is 0 Å². The summed E-state index contributed by atoms with van der Waals surface area (Å²) in [6.07, 6.45) is 1.58. The molecule has 7 nitrogen and oxygen atoms in total.